The van der Waals surface area contributed by atoms with E-state index in [9.17, 15) is 4.79 Å². The molecule has 2 heterocycles. The number of rotatable bonds is 1. The first kappa shape index (κ1) is 9.26. The smallest absolute Gasteiger partial charge is 0.375 e. The number of aromatic carboxylic acids is 1. The molecule has 0 bridgehead atoms. The van der Waals surface area contributed by atoms with E-state index in [0.29, 0.717) is 5.78 Å². The molecule has 0 atom stereocenters. The van der Waals surface area contributed by atoms with E-state index in [-0.39, 0.29) is 5.82 Å². The highest BCUT2D eigenvalue weighted by atomic mass is 16.4. The maximum atomic E-state index is 10.8. The van der Waals surface area contributed by atoms with Crippen LogP contribution in [0.25, 0.3) is 5.78 Å². The minimum absolute atomic E-state index is 0.188. The number of aryl methyl sites for hydroxylation is 2. The third-order valence-corrected chi connectivity index (χ3v) is 2.93. The minimum Gasteiger partial charge on any atom is -0.475 e. The first-order valence-corrected chi connectivity index (χ1v) is 5.15. The zero-order valence-electron chi connectivity index (χ0n) is 8.77. The van der Waals surface area contributed by atoms with Crippen molar-refractivity contribution in [2.24, 2.45) is 0 Å². The molecular weight excluding hydrogens is 208 g/mol. The van der Waals surface area contributed by atoms with Crippen molar-refractivity contribution in [3.05, 3.63) is 22.8 Å². The SMILES string of the molecule is Cc1nc2nc(C(=O)O)nn2c2c1CCC2. The van der Waals surface area contributed by atoms with Crippen molar-refractivity contribution in [1.29, 1.82) is 0 Å². The summed E-state index contributed by atoms with van der Waals surface area (Å²) in [5, 5.41) is 12.8. The Morgan fingerprint density at radius 2 is 2.19 bits per heavy atom. The van der Waals surface area contributed by atoms with Crippen LogP contribution in [0.4, 0.5) is 0 Å². The molecule has 82 valence electrons. The number of fused-ring (bicyclic) bond motifs is 3. The van der Waals surface area contributed by atoms with E-state index in [1.54, 1.807) is 4.52 Å². The molecule has 0 spiro atoms. The molecule has 1 aliphatic rings. The van der Waals surface area contributed by atoms with Crippen LogP contribution in [0.3, 0.4) is 0 Å². The number of carboxylic acid groups (broad SMARTS) is 1. The van der Waals surface area contributed by atoms with E-state index in [1.165, 1.54) is 5.56 Å². The maximum Gasteiger partial charge on any atom is 0.375 e. The van der Waals surface area contributed by atoms with Crippen molar-refractivity contribution in [2.75, 3.05) is 0 Å². The van der Waals surface area contributed by atoms with Gasteiger partial charge in [-0.05, 0) is 31.7 Å². The molecule has 0 radical (unpaired) electrons. The molecule has 2 aromatic heterocycles. The summed E-state index contributed by atoms with van der Waals surface area (Å²) in [4.78, 5) is 19.0. The van der Waals surface area contributed by atoms with Gasteiger partial charge < -0.3 is 5.11 Å². The van der Waals surface area contributed by atoms with Gasteiger partial charge >= 0.3 is 5.97 Å². The minimum atomic E-state index is -1.12. The number of nitrogens with zero attached hydrogens (tertiary/aromatic N) is 4. The van der Waals surface area contributed by atoms with Gasteiger partial charge in [-0.15, -0.1) is 5.10 Å². The molecular formula is C10H10N4O2. The van der Waals surface area contributed by atoms with E-state index < -0.39 is 5.97 Å². The van der Waals surface area contributed by atoms with Gasteiger partial charge in [0.25, 0.3) is 11.6 Å². The monoisotopic (exact) mass is 218 g/mol. The number of hydrogen-bond donors (Lipinski definition) is 1. The van der Waals surface area contributed by atoms with Crippen molar-refractivity contribution >= 4 is 11.7 Å². The molecule has 1 aliphatic carbocycles. The molecule has 0 aromatic carbocycles. The Hall–Kier alpha value is -1.98. The Kier molecular flexibility index (Phi) is 1.74. The Labute approximate surface area is 91.0 Å². The van der Waals surface area contributed by atoms with Crippen LogP contribution in [0.2, 0.25) is 0 Å². The van der Waals surface area contributed by atoms with Crippen LogP contribution in [0, 0.1) is 6.92 Å². The second-order valence-corrected chi connectivity index (χ2v) is 3.93. The predicted molar refractivity (Wildman–Crippen MR) is 54.5 cm³/mol. The Morgan fingerprint density at radius 3 is 2.94 bits per heavy atom. The largest absolute Gasteiger partial charge is 0.475 e. The van der Waals surface area contributed by atoms with Crippen LogP contribution in [-0.4, -0.2) is 30.7 Å². The van der Waals surface area contributed by atoms with Gasteiger partial charge in [0, 0.05) is 5.69 Å². The first-order valence-electron chi connectivity index (χ1n) is 5.15. The van der Waals surface area contributed by atoms with Crippen molar-refractivity contribution < 1.29 is 9.90 Å². The van der Waals surface area contributed by atoms with Gasteiger partial charge in [0.15, 0.2) is 0 Å². The van der Waals surface area contributed by atoms with Crippen molar-refractivity contribution in [3.63, 3.8) is 0 Å². The molecule has 0 aliphatic heterocycles. The molecule has 0 fully saturated rings. The van der Waals surface area contributed by atoms with Crippen LogP contribution in [0.15, 0.2) is 0 Å². The average molecular weight is 218 g/mol. The lowest BCUT2D eigenvalue weighted by Crippen LogP contribution is -2.04. The fourth-order valence-electron chi connectivity index (χ4n) is 2.22. The highest BCUT2D eigenvalue weighted by Gasteiger charge is 2.21. The quantitative estimate of drug-likeness (QED) is 0.758. The van der Waals surface area contributed by atoms with Gasteiger partial charge in [-0.25, -0.2) is 14.3 Å². The van der Waals surface area contributed by atoms with Crippen LogP contribution < -0.4 is 0 Å². The molecule has 6 nitrogen and oxygen atoms in total. The average Bonchev–Trinajstić information content (AvgIpc) is 2.80. The number of carbonyl (C=O) groups is 1. The van der Waals surface area contributed by atoms with E-state index in [0.717, 1.165) is 30.7 Å². The summed E-state index contributed by atoms with van der Waals surface area (Å²) in [6.45, 7) is 1.93. The molecule has 0 unspecified atom stereocenters. The summed E-state index contributed by atoms with van der Waals surface area (Å²) in [5.41, 5.74) is 3.18. The summed E-state index contributed by atoms with van der Waals surface area (Å²) in [6, 6.07) is 0. The highest BCUT2D eigenvalue weighted by molar-refractivity contribution is 5.83. The topological polar surface area (TPSA) is 80.4 Å². The third kappa shape index (κ3) is 1.13. The summed E-state index contributed by atoms with van der Waals surface area (Å²) in [5.74, 6) is -0.919. The van der Waals surface area contributed by atoms with Gasteiger partial charge in [-0.2, -0.15) is 4.98 Å². The number of hydrogen-bond acceptors (Lipinski definition) is 4. The molecule has 1 N–H and O–H groups in total. The Bertz CT molecular complexity index is 602. The Morgan fingerprint density at radius 1 is 1.38 bits per heavy atom. The molecule has 16 heavy (non-hydrogen) atoms. The van der Waals surface area contributed by atoms with Gasteiger partial charge in [-0.1, -0.05) is 0 Å². The highest BCUT2D eigenvalue weighted by Crippen LogP contribution is 2.24. The van der Waals surface area contributed by atoms with Gasteiger partial charge in [0.1, 0.15) is 0 Å². The van der Waals surface area contributed by atoms with Crippen LogP contribution in [-0.2, 0) is 12.8 Å². The first-order chi connectivity index (χ1) is 7.66. The fourth-order valence-corrected chi connectivity index (χ4v) is 2.22. The van der Waals surface area contributed by atoms with E-state index in [1.807, 2.05) is 6.92 Å². The normalized spacial score (nSPS) is 14.3. The zero-order valence-corrected chi connectivity index (χ0v) is 8.77. The van der Waals surface area contributed by atoms with Crippen LogP contribution >= 0.6 is 0 Å². The lowest BCUT2D eigenvalue weighted by atomic mass is 10.2. The van der Waals surface area contributed by atoms with Crippen molar-refractivity contribution in [1.82, 2.24) is 19.6 Å². The van der Waals surface area contributed by atoms with Crippen LogP contribution in [0.5, 0.6) is 0 Å². The summed E-state index contributed by atoms with van der Waals surface area (Å²) >= 11 is 0. The van der Waals surface area contributed by atoms with Crippen molar-refractivity contribution in [3.8, 4) is 0 Å². The molecule has 3 rings (SSSR count). The summed E-state index contributed by atoms with van der Waals surface area (Å²) < 4.78 is 1.57. The standard InChI is InChI=1S/C10H10N4O2/c1-5-6-3-2-4-7(6)14-10(11-5)12-8(13-14)9(15)16/h2-4H2,1H3,(H,15,16). The maximum absolute atomic E-state index is 10.8. The van der Waals surface area contributed by atoms with E-state index >= 15 is 0 Å². The van der Waals surface area contributed by atoms with Gasteiger partial charge in [-0.3, -0.25) is 0 Å². The lowest BCUT2D eigenvalue weighted by Gasteiger charge is -2.03. The van der Waals surface area contributed by atoms with E-state index in [4.69, 9.17) is 5.11 Å². The second-order valence-electron chi connectivity index (χ2n) is 3.93. The molecule has 0 saturated heterocycles. The van der Waals surface area contributed by atoms with Crippen molar-refractivity contribution in [2.45, 2.75) is 26.2 Å². The van der Waals surface area contributed by atoms with E-state index in [2.05, 4.69) is 15.1 Å². The zero-order chi connectivity index (χ0) is 11.3. The Balaban J connectivity index is 2.35. The molecule has 6 heteroatoms. The van der Waals surface area contributed by atoms with Gasteiger partial charge in [0.2, 0.25) is 0 Å². The molecule has 0 saturated carbocycles. The number of carboxylic acids is 1. The predicted octanol–water partition coefficient (Wildman–Crippen LogP) is 0.620. The molecule has 0 amide bonds. The third-order valence-electron chi connectivity index (χ3n) is 2.93. The van der Waals surface area contributed by atoms with Gasteiger partial charge in [0.05, 0.1) is 5.69 Å². The fraction of sp³-hybridized carbons (Fsp3) is 0.400. The second kappa shape index (κ2) is 3.01. The van der Waals surface area contributed by atoms with Crippen LogP contribution in [0.1, 0.15) is 34.0 Å². The lowest BCUT2D eigenvalue weighted by molar-refractivity contribution is 0.0684. The number of aromatic nitrogens is 4. The summed E-state index contributed by atoms with van der Waals surface area (Å²) in [6.07, 6.45) is 2.98. The summed E-state index contributed by atoms with van der Waals surface area (Å²) in [7, 11) is 0. The molecule has 2 aromatic rings.